The van der Waals surface area contributed by atoms with Crippen molar-refractivity contribution in [2.75, 3.05) is 0 Å². The Bertz CT molecular complexity index is 1140. The van der Waals surface area contributed by atoms with Gasteiger partial charge in [-0.3, -0.25) is 9.48 Å². The van der Waals surface area contributed by atoms with Crippen molar-refractivity contribution < 1.29 is 35.1 Å². The third-order valence-corrected chi connectivity index (χ3v) is 4.13. The molecule has 29 heavy (non-hydrogen) atoms. The number of hydrogen-bond donors (Lipinski definition) is 0. The Kier molecular flexibility index (Phi) is 4.68. The van der Waals surface area contributed by atoms with Crippen LogP contribution < -0.4 is 5.56 Å². The van der Waals surface area contributed by atoms with Crippen LogP contribution in [-0.4, -0.2) is 35.8 Å². The predicted octanol–water partition coefficient (Wildman–Crippen LogP) is 3.77. The molecule has 0 aliphatic rings. The molecule has 0 saturated heterocycles. The van der Waals surface area contributed by atoms with Crippen molar-refractivity contribution in [3.63, 3.8) is 0 Å². The van der Waals surface area contributed by atoms with E-state index < -0.39 is 53.0 Å². The Balaban J connectivity index is 2.20. The van der Waals surface area contributed by atoms with E-state index in [4.69, 9.17) is 11.6 Å². The van der Waals surface area contributed by atoms with Crippen LogP contribution in [0.15, 0.2) is 23.4 Å². The van der Waals surface area contributed by atoms with Gasteiger partial charge in [0.15, 0.2) is 5.69 Å². The van der Waals surface area contributed by atoms with E-state index in [1.54, 1.807) is 0 Å². The molecule has 0 unspecified atom stereocenters. The maximum absolute atomic E-state index is 13.5. The summed E-state index contributed by atoms with van der Waals surface area (Å²) < 4.78 is 106. The highest BCUT2D eigenvalue weighted by atomic mass is 35.5. The molecule has 0 fully saturated rings. The maximum Gasteiger partial charge on any atom is 0.455 e. The number of nitrogens with zero attached hydrogens (tertiary/aromatic N) is 5. The minimum absolute atomic E-state index is 0.0872. The summed E-state index contributed by atoms with van der Waals surface area (Å²) in [5.41, 5.74) is -4.70. The van der Waals surface area contributed by atoms with Gasteiger partial charge in [0.1, 0.15) is 11.7 Å². The van der Waals surface area contributed by atoms with Crippen LogP contribution in [0.25, 0.3) is 16.9 Å². The van der Waals surface area contributed by atoms with E-state index in [1.807, 2.05) is 0 Å². The molecule has 15 heteroatoms. The molecule has 3 rings (SSSR count). The number of rotatable bonds is 3. The lowest BCUT2D eigenvalue weighted by Crippen LogP contribution is -2.40. The van der Waals surface area contributed by atoms with Gasteiger partial charge < -0.3 is 4.57 Å². The summed E-state index contributed by atoms with van der Waals surface area (Å²) in [7, 11) is 1.28. The molecule has 0 radical (unpaired) electrons. The van der Waals surface area contributed by atoms with Crippen LogP contribution in [0.3, 0.4) is 0 Å². The average molecular weight is 450 g/mol. The predicted molar refractivity (Wildman–Crippen MR) is 82.7 cm³/mol. The average Bonchev–Trinajstić information content (AvgIpc) is 3.09. The minimum atomic E-state index is -5.90. The first-order valence-corrected chi connectivity index (χ1v) is 7.83. The Morgan fingerprint density at radius 1 is 1.07 bits per heavy atom. The van der Waals surface area contributed by atoms with Gasteiger partial charge in [0.05, 0.1) is 11.8 Å². The van der Waals surface area contributed by atoms with Gasteiger partial charge in [-0.05, 0) is 0 Å². The van der Waals surface area contributed by atoms with Gasteiger partial charge in [0, 0.05) is 25.0 Å². The van der Waals surface area contributed by atoms with Crippen LogP contribution in [0.5, 0.6) is 0 Å². The lowest BCUT2D eigenvalue weighted by molar-refractivity contribution is -0.287. The van der Waals surface area contributed by atoms with Gasteiger partial charge in [-0.1, -0.05) is 11.6 Å². The van der Waals surface area contributed by atoms with Gasteiger partial charge in [-0.25, -0.2) is 9.38 Å². The summed E-state index contributed by atoms with van der Waals surface area (Å²) in [6, 6.07) is 0. The number of aromatic nitrogens is 5. The lowest BCUT2D eigenvalue weighted by Gasteiger charge is -2.19. The Labute approximate surface area is 159 Å². The third kappa shape index (κ3) is 3.56. The van der Waals surface area contributed by atoms with Crippen LogP contribution >= 0.6 is 11.6 Å². The van der Waals surface area contributed by atoms with Crippen LogP contribution in [0.4, 0.5) is 35.1 Å². The van der Waals surface area contributed by atoms with Crippen molar-refractivity contribution in [1.82, 2.24) is 23.7 Å². The van der Waals surface area contributed by atoms with E-state index in [1.165, 1.54) is 7.05 Å². The molecule has 3 aromatic heterocycles. The summed E-state index contributed by atoms with van der Waals surface area (Å²) >= 11 is 5.83. The molecule has 3 heterocycles. The Hall–Kier alpha value is -2.64. The van der Waals surface area contributed by atoms with Crippen LogP contribution in [0, 0.1) is 0 Å². The summed E-state index contributed by atoms with van der Waals surface area (Å²) in [5, 5.41) is 2.93. The van der Waals surface area contributed by atoms with Crippen LogP contribution in [0.1, 0.15) is 5.69 Å². The molecular weight excluding hydrogens is 442 g/mol. The normalized spacial score (nSPS) is 13.4. The molecule has 0 aliphatic heterocycles. The highest BCUT2D eigenvalue weighted by Crippen LogP contribution is 2.38. The van der Waals surface area contributed by atoms with E-state index in [-0.39, 0.29) is 9.83 Å². The standard InChI is InChI=1S/C14H8ClF8N5O/c1-26-4-7(15)28-10(29)8(9(13(18,19)20)25-11(26)28)6-2-24-27(3-6)5-12(16,17)14(21,22)23/h2-4H,5H2,1H3. The van der Waals surface area contributed by atoms with Crippen LogP contribution in [-0.2, 0) is 19.8 Å². The van der Waals surface area contributed by atoms with Crippen molar-refractivity contribution in [3.05, 3.63) is 39.8 Å². The third-order valence-electron chi connectivity index (χ3n) is 3.86. The van der Waals surface area contributed by atoms with Crippen LogP contribution in [0.2, 0.25) is 5.15 Å². The van der Waals surface area contributed by atoms with Gasteiger partial charge >= 0.3 is 18.3 Å². The summed E-state index contributed by atoms with van der Waals surface area (Å²) in [4.78, 5) is 16.0. The molecule has 6 nitrogen and oxygen atoms in total. The Morgan fingerprint density at radius 2 is 1.69 bits per heavy atom. The first-order valence-electron chi connectivity index (χ1n) is 7.45. The first-order chi connectivity index (χ1) is 13.1. The molecule has 0 amide bonds. The summed E-state index contributed by atoms with van der Waals surface area (Å²) in [6.07, 6.45) is -8.89. The van der Waals surface area contributed by atoms with Crippen molar-refractivity contribution in [2.45, 2.75) is 24.8 Å². The smallest absolute Gasteiger partial charge is 0.318 e. The van der Waals surface area contributed by atoms with Crippen molar-refractivity contribution in [3.8, 4) is 11.1 Å². The molecule has 3 aromatic rings. The van der Waals surface area contributed by atoms with E-state index in [0.717, 1.165) is 10.8 Å². The lowest BCUT2D eigenvalue weighted by atomic mass is 10.1. The topological polar surface area (TPSA) is 57.1 Å². The SMILES string of the molecule is Cn1cc(Cl)n2c(=O)c(-c3cnn(CC(F)(F)C(F)(F)F)c3)c(C(F)(F)F)nc12. The molecule has 0 aromatic carbocycles. The van der Waals surface area contributed by atoms with Gasteiger partial charge in [0.25, 0.3) is 5.56 Å². The molecule has 0 saturated carbocycles. The first kappa shape index (κ1) is 21.1. The summed E-state index contributed by atoms with van der Waals surface area (Å²) in [6.45, 7) is -1.99. The molecule has 0 aliphatic carbocycles. The zero-order valence-electron chi connectivity index (χ0n) is 14.0. The highest BCUT2D eigenvalue weighted by molar-refractivity contribution is 6.29. The molecule has 0 atom stereocenters. The van der Waals surface area contributed by atoms with Crippen molar-refractivity contribution in [1.29, 1.82) is 0 Å². The van der Waals surface area contributed by atoms with Gasteiger partial charge in [-0.15, -0.1) is 0 Å². The zero-order chi connectivity index (χ0) is 21.9. The minimum Gasteiger partial charge on any atom is -0.318 e. The fourth-order valence-corrected chi connectivity index (χ4v) is 2.85. The monoisotopic (exact) mass is 449 g/mol. The highest BCUT2D eigenvalue weighted by Gasteiger charge is 2.57. The van der Waals surface area contributed by atoms with Crippen molar-refractivity contribution >= 4 is 17.4 Å². The second kappa shape index (κ2) is 6.43. The zero-order valence-corrected chi connectivity index (χ0v) is 14.7. The molecule has 158 valence electrons. The second-order valence-electron chi connectivity index (χ2n) is 5.97. The van der Waals surface area contributed by atoms with E-state index >= 15 is 0 Å². The molecule has 0 bridgehead atoms. The quantitative estimate of drug-likeness (QED) is 0.572. The number of imidazole rings is 1. The largest absolute Gasteiger partial charge is 0.455 e. The molecule has 0 N–H and O–H groups in total. The number of halogens is 9. The van der Waals surface area contributed by atoms with E-state index in [0.29, 0.717) is 16.8 Å². The number of hydrogen-bond acceptors (Lipinski definition) is 3. The van der Waals surface area contributed by atoms with Gasteiger partial charge in [0.2, 0.25) is 5.78 Å². The maximum atomic E-state index is 13.5. The summed E-state index contributed by atoms with van der Waals surface area (Å²) in [5.74, 6) is -5.64. The number of alkyl halides is 8. The molecule has 0 spiro atoms. The fraction of sp³-hybridized carbons (Fsp3) is 0.357. The number of fused-ring (bicyclic) bond motifs is 1. The second-order valence-corrected chi connectivity index (χ2v) is 6.35. The fourth-order valence-electron chi connectivity index (χ4n) is 2.55. The van der Waals surface area contributed by atoms with Gasteiger partial charge in [-0.2, -0.15) is 40.2 Å². The van der Waals surface area contributed by atoms with E-state index in [2.05, 4.69) is 10.1 Å². The van der Waals surface area contributed by atoms with Crippen molar-refractivity contribution in [2.24, 2.45) is 7.05 Å². The number of aryl methyl sites for hydroxylation is 1. The van der Waals surface area contributed by atoms with E-state index in [9.17, 15) is 39.9 Å². The molecular formula is C14H8ClF8N5O. The Morgan fingerprint density at radius 3 is 2.24 bits per heavy atom.